The Morgan fingerprint density at radius 2 is 1.15 bits per heavy atom. The van der Waals surface area contributed by atoms with Crippen LogP contribution in [0.25, 0.3) is 0 Å². The smallest absolute Gasteiger partial charge is 0.317 e. The van der Waals surface area contributed by atoms with Gasteiger partial charge in [0.2, 0.25) is 0 Å². The summed E-state index contributed by atoms with van der Waals surface area (Å²) in [5.74, 6) is -1.33. The van der Waals surface area contributed by atoms with Crippen LogP contribution in [0.1, 0.15) is 22.3 Å². The first-order valence-corrected chi connectivity index (χ1v) is 12.0. The van der Waals surface area contributed by atoms with Gasteiger partial charge in [0.25, 0.3) is 11.4 Å². The van der Waals surface area contributed by atoms with Crippen molar-refractivity contribution in [2.45, 2.75) is 26.4 Å². The lowest BCUT2D eigenvalue weighted by Crippen LogP contribution is -2.09. The first kappa shape index (κ1) is 27.0. The van der Waals surface area contributed by atoms with Crippen LogP contribution in [-0.4, -0.2) is 43.5 Å². The van der Waals surface area contributed by atoms with Crippen molar-refractivity contribution in [2.24, 2.45) is 0 Å². The first-order valence-electron chi connectivity index (χ1n) is 9.55. The number of carbonyl (C=O) groups is 2. The number of nitro benzene ring substituents is 2. The molecule has 2 N–H and O–H groups in total. The lowest BCUT2D eigenvalue weighted by molar-refractivity contribution is -0.386. The van der Waals surface area contributed by atoms with Crippen LogP contribution in [0.2, 0.25) is 0 Å². The number of carbonyl (C=O) groups excluding carboxylic acids is 2. The Labute approximate surface area is 200 Å². The second kappa shape index (κ2) is 13.5. The molecule has 2 rings (SSSR count). The average molecular weight is 513 g/mol. The highest BCUT2D eigenvalue weighted by Gasteiger charge is 2.16. The highest BCUT2D eigenvalue weighted by atomic mass is 33.1. The fourth-order valence-corrected chi connectivity index (χ4v) is 4.20. The van der Waals surface area contributed by atoms with E-state index in [4.69, 9.17) is 19.7 Å². The third-order valence-electron chi connectivity index (χ3n) is 4.27. The molecule has 0 aromatic heterocycles. The number of nitro groups is 2. The van der Waals surface area contributed by atoms with Crippen LogP contribution >= 0.6 is 21.6 Å². The summed E-state index contributed by atoms with van der Waals surface area (Å²) in [5.41, 5.74) is 0.562. The normalized spacial score (nSPS) is 10.5. The predicted molar refractivity (Wildman–Crippen MR) is 123 cm³/mol. The van der Waals surface area contributed by atoms with E-state index in [-0.39, 0.29) is 47.2 Å². The summed E-state index contributed by atoms with van der Waals surface area (Å²) in [4.78, 5) is 44.4. The highest BCUT2D eigenvalue weighted by Crippen LogP contribution is 2.24. The molecule has 0 bridgehead atoms. The number of aliphatic hydroxyl groups is 2. The Hall–Kier alpha value is -3.20. The maximum absolute atomic E-state index is 11.8. The molecule has 182 valence electrons. The molecule has 0 saturated carbocycles. The molecule has 0 unspecified atom stereocenters. The second-order valence-corrected chi connectivity index (χ2v) is 9.07. The van der Waals surface area contributed by atoms with Gasteiger partial charge in [-0.1, -0.05) is 33.7 Å². The maximum Gasteiger partial charge on any atom is 0.317 e. The molecule has 0 fully saturated rings. The number of benzene rings is 2. The molecule has 14 heteroatoms. The molecule has 0 spiro atoms. The zero-order valence-electron chi connectivity index (χ0n) is 17.6. The average Bonchev–Trinajstić information content (AvgIpc) is 2.83. The standard InChI is InChI=1S/C20H20N2O10S2/c23-7-15-3-1-13(5-17(15)21(27)28)9-31-19(25)11-33-34-12-20(26)32-10-14-2-4-16(8-24)18(6-14)22(29)30/h1-6,23-24H,7-12H2. The fraction of sp³-hybridized carbons (Fsp3) is 0.300. The van der Waals surface area contributed by atoms with Crippen LogP contribution in [-0.2, 0) is 45.5 Å². The van der Waals surface area contributed by atoms with Crippen molar-refractivity contribution >= 4 is 44.9 Å². The van der Waals surface area contributed by atoms with E-state index in [1.807, 2.05) is 0 Å². The molecule has 0 radical (unpaired) electrons. The summed E-state index contributed by atoms with van der Waals surface area (Å²) < 4.78 is 10.1. The molecular weight excluding hydrogens is 492 g/mol. The zero-order valence-corrected chi connectivity index (χ0v) is 19.2. The summed E-state index contributed by atoms with van der Waals surface area (Å²) in [7, 11) is 2.11. The van der Waals surface area contributed by atoms with Gasteiger partial charge in [0.15, 0.2) is 0 Å². The molecule has 0 aliphatic rings. The van der Waals surface area contributed by atoms with Crippen LogP contribution in [0.3, 0.4) is 0 Å². The van der Waals surface area contributed by atoms with Crippen molar-refractivity contribution in [2.75, 3.05) is 11.5 Å². The van der Waals surface area contributed by atoms with Gasteiger partial charge in [-0.2, -0.15) is 0 Å². The maximum atomic E-state index is 11.8. The summed E-state index contributed by atoms with van der Waals surface area (Å²) in [6, 6.07) is 8.24. The summed E-state index contributed by atoms with van der Waals surface area (Å²) in [6.07, 6.45) is 0. The molecule has 0 aliphatic heterocycles. The summed E-state index contributed by atoms with van der Waals surface area (Å²) >= 11 is 0. The SMILES string of the molecule is O=C(CSSCC(=O)OCc1ccc(CO)c([N+](=O)[O-])c1)OCc1ccc(CO)c([N+](=O)[O-])c1. The Kier molecular flexibility index (Phi) is 10.7. The zero-order chi connectivity index (χ0) is 25.1. The minimum absolute atomic E-state index is 0.0798. The van der Waals surface area contributed by atoms with E-state index in [0.717, 1.165) is 21.6 Å². The predicted octanol–water partition coefficient (Wildman–Crippen LogP) is 2.66. The van der Waals surface area contributed by atoms with Crippen molar-refractivity contribution < 1.29 is 39.1 Å². The molecule has 0 amide bonds. The summed E-state index contributed by atoms with van der Waals surface area (Å²) in [5, 5.41) is 40.2. The van der Waals surface area contributed by atoms with Crippen LogP contribution in [0.5, 0.6) is 0 Å². The third-order valence-corrected chi connectivity index (χ3v) is 6.35. The number of nitrogens with zero attached hydrogens (tertiary/aromatic N) is 2. The quantitative estimate of drug-likeness (QED) is 0.132. The van der Waals surface area contributed by atoms with Crippen molar-refractivity contribution in [3.8, 4) is 0 Å². The van der Waals surface area contributed by atoms with Crippen LogP contribution in [0.4, 0.5) is 11.4 Å². The minimum Gasteiger partial charge on any atom is -0.460 e. The van der Waals surface area contributed by atoms with Gasteiger partial charge in [-0.05, 0) is 23.3 Å². The molecule has 2 aromatic rings. The Morgan fingerprint density at radius 1 is 0.765 bits per heavy atom. The number of rotatable bonds is 13. The first-order chi connectivity index (χ1) is 16.2. The molecule has 34 heavy (non-hydrogen) atoms. The van der Waals surface area contributed by atoms with Gasteiger partial charge in [-0.3, -0.25) is 29.8 Å². The Morgan fingerprint density at radius 3 is 1.47 bits per heavy atom. The number of hydrogen-bond donors (Lipinski definition) is 2. The van der Waals surface area contributed by atoms with E-state index in [2.05, 4.69) is 0 Å². The largest absolute Gasteiger partial charge is 0.460 e. The molecule has 2 aromatic carbocycles. The molecular formula is C20H20N2O10S2. The topological polar surface area (TPSA) is 179 Å². The minimum atomic E-state index is -0.631. The second-order valence-electron chi connectivity index (χ2n) is 6.60. The van der Waals surface area contributed by atoms with E-state index >= 15 is 0 Å². The van der Waals surface area contributed by atoms with Gasteiger partial charge in [-0.25, -0.2) is 0 Å². The van der Waals surface area contributed by atoms with Gasteiger partial charge in [0.1, 0.15) is 24.7 Å². The van der Waals surface area contributed by atoms with E-state index in [1.54, 1.807) is 0 Å². The molecule has 0 aliphatic carbocycles. The Bertz CT molecular complexity index is 980. The van der Waals surface area contributed by atoms with Gasteiger partial charge in [0.05, 0.1) is 34.2 Å². The lowest BCUT2D eigenvalue weighted by atomic mass is 10.1. The number of hydrogen-bond acceptors (Lipinski definition) is 12. The molecule has 0 heterocycles. The van der Waals surface area contributed by atoms with E-state index in [0.29, 0.717) is 11.1 Å². The highest BCUT2D eigenvalue weighted by molar-refractivity contribution is 8.77. The van der Waals surface area contributed by atoms with Crippen molar-refractivity contribution in [1.82, 2.24) is 0 Å². The van der Waals surface area contributed by atoms with Gasteiger partial charge in [-0.15, -0.1) is 0 Å². The van der Waals surface area contributed by atoms with E-state index < -0.39 is 35.0 Å². The molecule has 12 nitrogen and oxygen atoms in total. The van der Waals surface area contributed by atoms with Crippen molar-refractivity contribution in [3.05, 3.63) is 78.9 Å². The van der Waals surface area contributed by atoms with Crippen molar-refractivity contribution in [3.63, 3.8) is 0 Å². The monoisotopic (exact) mass is 512 g/mol. The van der Waals surface area contributed by atoms with Crippen LogP contribution in [0, 0.1) is 20.2 Å². The molecule has 0 saturated heterocycles. The lowest BCUT2D eigenvalue weighted by Gasteiger charge is -2.07. The number of ether oxygens (including phenoxy) is 2. The fourth-order valence-electron chi connectivity index (χ4n) is 2.60. The van der Waals surface area contributed by atoms with Gasteiger partial charge < -0.3 is 19.7 Å². The van der Waals surface area contributed by atoms with E-state index in [9.17, 15) is 29.8 Å². The van der Waals surface area contributed by atoms with Crippen LogP contribution < -0.4 is 0 Å². The van der Waals surface area contributed by atoms with E-state index in [1.165, 1.54) is 36.4 Å². The van der Waals surface area contributed by atoms with Gasteiger partial charge >= 0.3 is 11.9 Å². The third kappa shape index (κ3) is 8.30. The summed E-state index contributed by atoms with van der Waals surface area (Å²) in [6.45, 7) is -1.33. The van der Waals surface area contributed by atoms with Gasteiger partial charge in [0, 0.05) is 12.1 Å². The number of aliphatic hydroxyl groups excluding tert-OH is 2. The van der Waals surface area contributed by atoms with Crippen LogP contribution in [0.15, 0.2) is 36.4 Å². The Balaban J connectivity index is 1.69. The molecule has 0 atom stereocenters. The number of esters is 2. The van der Waals surface area contributed by atoms with Crippen molar-refractivity contribution in [1.29, 1.82) is 0 Å².